The third kappa shape index (κ3) is 4.16. The molecule has 0 radical (unpaired) electrons. The van der Waals surface area contributed by atoms with Crippen LogP contribution in [0.25, 0.3) is 0 Å². The summed E-state index contributed by atoms with van der Waals surface area (Å²) in [5.74, 6) is 0.169. The summed E-state index contributed by atoms with van der Waals surface area (Å²) in [5, 5.41) is 8.98. The molecule has 6 heteroatoms. The summed E-state index contributed by atoms with van der Waals surface area (Å²) >= 11 is 0. The van der Waals surface area contributed by atoms with E-state index < -0.39 is 0 Å². The molecule has 2 saturated heterocycles. The van der Waals surface area contributed by atoms with Crippen LogP contribution in [0.1, 0.15) is 32.1 Å². The van der Waals surface area contributed by atoms with Crippen LogP contribution < -0.4 is 16.0 Å². The van der Waals surface area contributed by atoms with Gasteiger partial charge in [-0.2, -0.15) is 0 Å². The lowest BCUT2D eigenvalue weighted by atomic mass is 10.0. The maximum Gasteiger partial charge on any atom is 0.237 e. The van der Waals surface area contributed by atoms with Crippen molar-refractivity contribution in [3.63, 3.8) is 0 Å². The molecule has 98 valence electrons. The smallest absolute Gasteiger partial charge is 0.237 e. The molecule has 0 saturated carbocycles. The monoisotopic (exact) mass is 261 g/mol. The van der Waals surface area contributed by atoms with Gasteiger partial charge in [0.25, 0.3) is 0 Å². The summed E-state index contributed by atoms with van der Waals surface area (Å²) in [5.41, 5.74) is 0. The Morgan fingerprint density at radius 3 is 2.71 bits per heavy atom. The first kappa shape index (κ1) is 14.3. The van der Waals surface area contributed by atoms with Crippen LogP contribution in [0.5, 0.6) is 0 Å². The highest BCUT2D eigenvalue weighted by Gasteiger charge is 2.25. The number of hydrogen-bond acceptors (Lipinski definition) is 3. The van der Waals surface area contributed by atoms with Gasteiger partial charge in [0, 0.05) is 19.0 Å². The molecule has 3 N–H and O–H groups in total. The second kappa shape index (κ2) is 6.81. The molecule has 17 heavy (non-hydrogen) atoms. The maximum absolute atomic E-state index is 11.9. The number of carbonyl (C=O) groups excluding carboxylic acids is 2. The van der Waals surface area contributed by atoms with Crippen molar-refractivity contribution < 1.29 is 9.59 Å². The second-order valence-corrected chi connectivity index (χ2v) is 4.55. The molecule has 2 rings (SSSR count). The second-order valence-electron chi connectivity index (χ2n) is 4.55. The molecule has 2 heterocycles. The van der Waals surface area contributed by atoms with E-state index in [2.05, 4.69) is 16.0 Å². The normalized spacial score (nSPS) is 28.8. The van der Waals surface area contributed by atoms with E-state index in [4.69, 9.17) is 0 Å². The average molecular weight is 262 g/mol. The Bertz CT molecular complexity index is 270. The van der Waals surface area contributed by atoms with Crippen molar-refractivity contribution in [1.82, 2.24) is 16.0 Å². The standard InChI is InChI=1S/C11H19N3O2.ClH/c15-10-5-4-8(7-13-10)14-11(16)9-3-1-2-6-12-9;/h8-9,12H,1-7H2,(H,13,15)(H,14,16);1H/t8?,9-;/m1./s1. The number of amides is 2. The number of carbonyl (C=O) groups is 2. The zero-order chi connectivity index (χ0) is 11.4. The van der Waals surface area contributed by atoms with E-state index in [9.17, 15) is 9.59 Å². The molecule has 1 unspecified atom stereocenters. The minimum absolute atomic E-state index is 0. The minimum atomic E-state index is -0.0358. The Labute approximate surface area is 108 Å². The molecule has 0 spiro atoms. The maximum atomic E-state index is 11.9. The Morgan fingerprint density at radius 2 is 2.12 bits per heavy atom. The number of rotatable bonds is 2. The summed E-state index contributed by atoms with van der Waals surface area (Å²) in [7, 11) is 0. The van der Waals surface area contributed by atoms with Crippen molar-refractivity contribution in [3.05, 3.63) is 0 Å². The molecule has 0 aromatic carbocycles. The van der Waals surface area contributed by atoms with Crippen LogP contribution in [0.3, 0.4) is 0 Å². The lowest BCUT2D eigenvalue weighted by Gasteiger charge is -2.28. The lowest BCUT2D eigenvalue weighted by Crippen LogP contribution is -2.53. The van der Waals surface area contributed by atoms with Crippen LogP contribution in [-0.4, -0.2) is 37.0 Å². The molecule has 2 atom stereocenters. The van der Waals surface area contributed by atoms with Gasteiger partial charge in [0.15, 0.2) is 0 Å². The lowest BCUT2D eigenvalue weighted by molar-refractivity contribution is -0.127. The van der Waals surface area contributed by atoms with Crippen molar-refractivity contribution in [2.24, 2.45) is 0 Å². The molecule has 0 aliphatic carbocycles. The topological polar surface area (TPSA) is 70.2 Å². The van der Waals surface area contributed by atoms with Gasteiger partial charge in [-0.1, -0.05) is 6.42 Å². The van der Waals surface area contributed by atoms with Crippen LogP contribution in [-0.2, 0) is 9.59 Å². The molecule has 5 nitrogen and oxygen atoms in total. The molecule has 2 aliphatic heterocycles. The van der Waals surface area contributed by atoms with Crippen molar-refractivity contribution in [2.75, 3.05) is 13.1 Å². The highest BCUT2D eigenvalue weighted by atomic mass is 35.5. The van der Waals surface area contributed by atoms with Gasteiger partial charge in [-0.15, -0.1) is 12.4 Å². The summed E-state index contributed by atoms with van der Waals surface area (Å²) in [6, 6.07) is 0.0697. The first-order chi connectivity index (χ1) is 7.75. The van der Waals surface area contributed by atoms with Crippen LogP contribution in [0, 0.1) is 0 Å². The van der Waals surface area contributed by atoms with Gasteiger partial charge < -0.3 is 16.0 Å². The number of hydrogen-bond donors (Lipinski definition) is 3. The van der Waals surface area contributed by atoms with E-state index in [1.807, 2.05) is 0 Å². The zero-order valence-corrected chi connectivity index (χ0v) is 10.6. The highest BCUT2D eigenvalue weighted by Crippen LogP contribution is 2.08. The van der Waals surface area contributed by atoms with E-state index in [1.165, 1.54) is 0 Å². The predicted octanol–water partition coefficient (Wildman–Crippen LogP) is -0.0549. The van der Waals surface area contributed by atoms with Crippen LogP contribution in [0.4, 0.5) is 0 Å². The first-order valence-electron chi connectivity index (χ1n) is 6.06. The molecule has 0 aromatic rings. The molecular formula is C11H20ClN3O2. The first-order valence-corrected chi connectivity index (χ1v) is 6.06. The van der Waals surface area contributed by atoms with E-state index in [-0.39, 0.29) is 36.3 Å². The molecule has 2 fully saturated rings. The SMILES string of the molecule is Cl.O=C1CCC(NC(=O)[C@H]2CCCCN2)CN1. The molecule has 2 amide bonds. The van der Waals surface area contributed by atoms with Crippen LogP contribution in [0.2, 0.25) is 0 Å². The van der Waals surface area contributed by atoms with Crippen LogP contribution in [0.15, 0.2) is 0 Å². The zero-order valence-electron chi connectivity index (χ0n) is 9.83. The number of halogens is 1. The minimum Gasteiger partial charge on any atom is -0.354 e. The van der Waals surface area contributed by atoms with E-state index in [1.54, 1.807) is 0 Å². The van der Waals surface area contributed by atoms with Gasteiger partial charge >= 0.3 is 0 Å². The van der Waals surface area contributed by atoms with Crippen molar-refractivity contribution >= 4 is 24.2 Å². The Kier molecular flexibility index (Phi) is 5.71. The third-order valence-electron chi connectivity index (χ3n) is 3.24. The summed E-state index contributed by atoms with van der Waals surface area (Å²) in [4.78, 5) is 22.8. The Morgan fingerprint density at radius 1 is 1.29 bits per heavy atom. The van der Waals surface area contributed by atoms with E-state index in [0.717, 1.165) is 32.2 Å². The summed E-state index contributed by atoms with van der Waals surface area (Å²) in [6.45, 7) is 1.50. The van der Waals surface area contributed by atoms with Gasteiger partial charge in [0.1, 0.15) is 0 Å². The highest BCUT2D eigenvalue weighted by molar-refractivity contribution is 5.85. The van der Waals surface area contributed by atoms with E-state index in [0.29, 0.717) is 13.0 Å². The van der Waals surface area contributed by atoms with Crippen molar-refractivity contribution in [2.45, 2.75) is 44.2 Å². The molecular weight excluding hydrogens is 242 g/mol. The van der Waals surface area contributed by atoms with Gasteiger partial charge in [-0.3, -0.25) is 9.59 Å². The molecule has 0 aromatic heterocycles. The van der Waals surface area contributed by atoms with Crippen molar-refractivity contribution in [1.29, 1.82) is 0 Å². The van der Waals surface area contributed by atoms with E-state index >= 15 is 0 Å². The van der Waals surface area contributed by atoms with Gasteiger partial charge in [-0.05, 0) is 25.8 Å². The third-order valence-corrected chi connectivity index (χ3v) is 3.24. The Balaban J connectivity index is 0.00000144. The average Bonchev–Trinajstić information content (AvgIpc) is 2.33. The Hall–Kier alpha value is -0.810. The quantitative estimate of drug-likeness (QED) is 0.653. The summed E-state index contributed by atoms with van der Waals surface area (Å²) < 4.78 is 0. The van der Waals surface area contributed by atoms with Gasteiger partial charge in [0.2, 0.25) is 11.8 Å². The number of nitrogens with one attached hydrogen (secondary N) is 3. The molecule has 2 aliphatic rings. The predicted molar refractivity (Wildman–Crippen MR) is 67.1 cm³/mol. The van der Waals surface area contributed by atoms with Gasteiger partial charge in [0.05, 0.1) is 6.04 Å². The fourth-order valence-electron chi connectivity index (χ4n) is 2.23. The van der Waals surface area contributed by atoms with Gasteiger partial charge in [-0.25, -0.2) is 0 Å². The summed E-state index contributed by atoms with van der Waals surface area (Å²) in [6.07, 6.45) is 4.47. The largest absolute Gasteiger partial charge is 0.354 e. The van der Waals surface area contributed by atoms with Crippen LogP contribution >= 0.6 is 12.4 Å². The molecule has 0 bridgehead atoms. The fraction of sp³-hybridized carbons (Fsp3) is 0.818. The fourth-order valence-corrected chi connectivity index (χ4v) is 2.23. The number of piperidine rings is 2. The van der Waals surface area contributed by atoms with Crippen molar-refractivity contribution in [3.8, 4) is 0 Å².